The summed E-state index contributed by atoms with van der Waals surface area (Å²) in [4.78, 5) is 11.6. The van der Waals surface area contributed by atoms with Crippen LogP contribution in [-0.2, 0) is 9.53 Å². The summed E-state index contributed by atoms with van der Waals surface area (Å²) < 4.78 is 16.4. The molecule has 1 aromatic heterocycles. The van der Waals surface area contributed by atoms with Crippen LogP contribution in [0.1, 0.15) is 12.8 Å². The number of allylic oxidation sites excluding steroid dienone is 3. The minimum Gasteiger partial charge on any atom is -0.485 e. The molecular weight excluding hydrogens is 276 g/mol. The monoisotopic (exact) mass is 290 g/mol. The number of carbonyl (C=O) groups excluding carboxylic acids is 1. The van der Waals surface area contributed by atoms with Crippen LogP contribution in [-0.4, -0.2) is 25.3 Å². The average Bonchev–Trinajstić information content (AvgIpc) is 3.13. The molecule has 0 N–H and O–H groups in total. The van der Waals surface area contributed by atoms with E-state index < -0.39 is 0 Å². The molecule has 1 atom stereocenters. The van der Waals surface area contributed by atoms with Gasteiger partial charge in [0, 0.05) is 10.8 Å². The van der Waals surface area contributed by atoms with Crippen LogP contribution in [0.15, 0.2) is 40.3 Å². The van der Waals surface area contributed by atoms with Crippen molar-refractivity contribution in [3.8, 4) is 11.5 Å². The third-order valence-electron chi connectivity index (χ3n) is 3.00. The summed E-state index contributed by atoms with van der Waals surface area (Å²) in [5.74, 6) is 1.28. The van der Waals surface area contributed by atoms with Gasteiger partial charge in [0.2, 0.25) is 0 Å². The molecule has 0 radical (unpaired) electrons. The van der Waals surface area contributed by atoms with E-state index in [0.717, 1.165) is 17.1 Å². The number of fused-ring (bicyclic) bond motifs is 1. The highest BCUT2D eigenvalue weighted by Gasteiger charge is 2.23. The van der Waals surface area contributed by atoms with Gasteiger partial charge in [-0.05, 0) is 18.1 Å². The summed E-state index contributed by atoms with van der Waals surface area (Å²) in [5, 5.41) is 3.78. The fourth-order valence-corrected chi connectivity index (χ4v) is 2.63. The lowest BCUT2D eigenvalue weighted by molar-refractivity contribution is -0.146. The first-order valence-corrected chi connectivity index (χ1v) is 7.39. The Labute approximate surface area is 121 Å². The summed E-state index contributed by atoms with van der Waals surface area (Å²) >= 11 is 1.53. The number of thiophene rings is 1. The smallest absolute Gasteiger partial charge is 0.306 e. The average molecular weight is 290 g/mol. The van der Waals surface area contributed by atoms with Crippen molar-refractivity contribution in [3.63, 3.8) is 0 Å². The van der Waals surface area contributed by atoms with Gasteiger partial charge in [-0.2, -0.15) is 0 Å². The van der Waals surface area contributed by atoms with Gasteiger partial charge in [0.05, 0.1) is 6.42 Å². The van der Waals surface area contributed by atoms with Gasteiger partial charge in [-0.1, -0.05) is 12.2 Å². The third kappa shape index (κ3) is 3.13. The van der Waals surface area contributed by atoms with Gasteiger partial charge in [-0.3, -0.25) is 4.79 Å². The van der Waals surface area contributed by atoms with E-state index in [2.05, 4.69) is 5.73 Å². The Morgan fingerprint density at radius 1 is 1.45 bits per heavy atom. The highest BCUT2D eigenvalue weighted by molar-refractivity contribution is 7.08. The molecule has 0 bridgehead atoms. The van der Waals surface area contributed by atoms with E-state index in [1.165, 1.54) is 11.3 Å². The summed E-state index contributed by atoms with van der Waals surface area (Å²) in [5.41, 5.74) is 4.08. The first-order chi connectivity index (χ1) is 9.81. The molecule has 5 heteroatoms. The molecule has 2 heterocycles. The molecule has 0 amide bonds. The van der Waals surface area contributed by atoms with Gasteiger partial charge in [0.15, 0.2) is 17.6 Å². The zero-order chi connectivity index (χ0) is 13.8. The molecule has 0 aromatic carbocycles. The van der Waals surface area contributed by atoms with Crippen LogP contribution in [0.3, 0.4) is 0 Å². The van der Waals surface area contributed by atoms with Crippen LogP contribution in [0.25, 0.3) is 0 Å². The normalized spacial score (nSPS) is 19.0. The summed E-state index contributed by atoms with van der Waals surface area (Å²) in [6, 6.07) is 0. The fourth-order valence-electron chi connectivity index (χ4n) is 1.96. The largest absolute Gasteiger partial charge is 0.485 e. The van der Waals surface area contributed by atoms with Crippen molar-refractivity contribution < 1.29 is 19.0 Å². The standard InChI is InChI=1S/C15H14O4S/c16-15(6-5-11-3-1-2-4-11)18-8-12-7-17-13-9-20-10-14(13)19-12/h1-3,9-10,12H,5-8H2. The van der Waals surface area contributed by atoms with Gasteiger partial charge in [-0.25, -0.2) is 0 Å². The van der Waals surface area contributed by atoms with Crippen molar-refractivity contribution in [3.05, 3.63) is 40.3 Å². The van der Waals surface area contributed by atoms with Gasteiger partial charge < -0.3 is 14.2 Å². The fraction of sp³-hybridized carbons (Fsp3) is 0.333. The summed E-state index contributed by atoms with van der Waals surface area (Å²) in [6.07, 6.45) is 6.48. The van der Waals surface area contributed by atoms with Crippen LogP contribution >= 0.6 is 11.3 Å². The molecule has 1 unspecified atom stereocenters. The Hall–Kier alpha value is -1.97. The number of carbonyl (C=O) groups is 1. The Morgan fingerprint density at radius 3 is 3.20 bits per heavy atom. The van der Waals surface area contributed by atoms with Crippen LogP contribution in [0.4, 0.5) is 0 Å². The zero-order valence-corrected chi connectivity index (χ0v) is 11.7. The second kappa shape index (κ2) is 5.99. The minimum atomic E-state index is -0.230. The van der Waals surface area contributed by atoms with E-state index in [9.17, 15) is 4.79 Å². The van der Waals surface area contributed by atoms with E-state index >= 15 is 0 Å². The van der Waals surface area contributed by atoms with Crippen molar-refractivity contribution in [1.82, 2.24) is 0 Å². The minimum absolute atomic E-state index is 0.221. The quantitative estimate of drug-likeness (QED) is 0.618. The van der Waals surface area contributed by atoms with E-state index in [-0.39, 0.29) is 18.7 Å². The highest BCUT2D eigenvalue weighted by Crippen LogP contribution is 2.35. The predicted molar refractivity (Wildman–Crippen MR) is 75.2 cm³/mol. The molecule has 0 spiro atoms. The molecular formula is C15H14O4S. The lowest BCUT2D eigenvalue weighted by Gasteiger charge is -2.24. The summed E-state index contributed by atoms with van der Waals surface area (Å²) in [7, 11) is 0. The second-order valence-corrected chi connectivity index (χ2v) is 5.27. The van der Waals surface area contributed by atoms with Gasteiger partial charge in [-0.15, -0.1) is 17.1 Å². The first kappa shape index (κ1) is 13.0. The predicted octanol–water partition coefficient (Wildman–Crippen LogP) is 2.86. The molecule has 1 aliphatic heterocycles. The number of rotatable bonds is 5. The van der Waals surface area contributed by atoms with Crippen LogP contribution in [0, 0.1) is 0 Å². The molecule has 0 saturated heterocycles. The van der Waals surface area contributed by atoms with Crippen LogP contribution < -0.4 is 9.47 Å². The van der Waals surface area contributed by atoms with E-state index in [1.54, 1.807) is 0 Å². The number of ether oxygens (including phenoxy) is 3. The Balaban J connectivity index is 1.40. The molecule has 20 heavy (non-hydrogen) atoms. The molecule has 0 saturated carbocycles. The van der Waals surface area contributed by atoms with Crippen molar-refractivity contribution in [2.24, 2.45) is 0 Å². The molecule has 2 aliphatic rings. The van der Waals surface area contributed by atoms with Gasteiger partial charge in [0.1, 0.15) is 13.2 Å². The second-order valence-electron chi connectivity index (χ2n) is 4.53. The van der Waals surface area contributed by atoms with E-state index in [1.807, 2.05) is 29.0 Å². The maximum Gasteiger partial charge on any atom is 0.306 e. The topological polar surface area (TPSA) is 44.8 Å². The van der Waals surface area contributed by atoms with Crippen molar-refractivity contribution >= 4 is 17.3 Å². The van der Waals surface area contributed by atoms with Gasteiger partial charge in [0.25, 0.3) is 0 Å². The lowest BCUT2D eigenvalue weighted by Crippen LogP contribution is -2.33. The zero-order valence-electron chi connectivity index (χ0n) is 10.8. The van der Waals surface area contributed by atoms with Crippen molar-refractivity contribution in [2.45, 2.75) is 18.9 Å². The van der Waals surface area contributed by atoms with E-state index in [0.29, 0.717) is 19.4 Å². The molecule has 4 nitrogen and oxygen atoms in total. The molecule has 0 fully saturated rings. The maximum atomic E-state index is 11.6. The van der Waals surface area contributed by atoms with Crippen LogP contribution in [0.5, 0.6) is 11.5 Å². The highest BCUT2D eigenvalue weighted by atomic mass is 32.1. The SMILES string of the molecule is O=C(CCC1=C=CC=C1)OCC1COc2cscc2O1. The number of hydrogen-bond acceptors (Lipinski definition) is 5. The molecule has 1 aliphatic carbocycles. The van der Waals surface area contributed by atoms with Crippen LogP contribution in [0.2, 0.25) is 0 Å². The summed E-state index contributed by atoms with van der Waals surface area (Å²) in [6.45, 7) is 0.631. The van der Waals surface area contributed by atoms with Crippen molar-refractivity contribution in [2.75, 3.05) is 13.2 Å². The first-order valence-electron chi connectivity index (χ1n) is 6.45. The third-order valence-corrected chi connectivity index (χ3v) is 3.70. The van der Waals surface area contributed by atoms with Crippen molar-refractivity contribution in [1.29, 1.82) is 0 Å². The molecule has 1 aromatic rings. The Morgan fingerprint density at radius 2 is 2.35 bits per heavy atom. The Kier molecular flexibility index (Phi) is 3.90. The Bertz CT molecular complexity index is 593. The van der Waals surface area contributed by atoms with Gasteiger partial charge >= 0.3 is 5.97 Å². The maximum absolute atomic E-state index is 11.6. The molecule has 3 rings (SSSR count). The number of hydrogen-bond donors (Lipinski definition) is 0. The number of esters is 1. The lowest BCUT2D eigenvalue weighted by atomic mass is 10.2. The van der Waals surface area contributed by atoms with E-state index in [4.69, 9.17) is 14.2 Å². The molecule has 104 valence electrons.